The SMILES string of the molecule is CC(CN)(NC(=O)Cc1coc(-c2cccs2)n1)C1CC1.Cl.Cl. The number of nitrogens with two attached hydrogens (primary N) is 1. The molecule has 3 rings (SSSR count). The summed E-state index contributed by atoms with van der Waals surface area (Å²) in [6.45, 7) is 2.48. The van der Waals surface area contributed by atoms with E-state index in [1.54, 1.807) is 17.6 Å². The van der Waals surface area contributed by atoms with E-state index in [0.717, 1.165) is 17.7 Å². The zero-order valence-electron chi connectivity index (χ0n) is 12.8. The average molecular weight is 378 g/mol. The molecule has 0 aromatic carbocycles. The van der Waals surface area contributed by atoms with Gasteiger partial charge in [0.05, 0.1) is 22.5 Å². The lowest BCUT2D eigenvalue weighted by Crippen LogP contribution is -2.53. The molecular formula is C15H21Cl2N3O2S. The number of thiophene rings is 1. The molecule has 1 aliphatic rings. The van der Waals surface area contributed by atoms with Crippen molar-refractivity contribution in [3.8, 4) is 10.8 Å². The van der Waals surface area contributed by atoms with Gasteiger partial charge in [0.25, 0.3) is 0 Å². The largest absolute Gasteiger partial charge is 0.444 e. The molecule has 1 fully saturated rings. The van der Waals surface area contributed by atoms with Gasteiger partial charge >= 0.3 is 0 Å². The first-order chi connectivity index (χ1) is 10.1. The maximum atomic E-state index is 12.2. The number of carbonyl (C=O) groups is 1. The van der Waals surface area contributed by atoms with E-state index in [4.69, 9.17) is 10.2 Å². The predicted molar refractivity (Wildman–Crippen MR) is 96.3 cm³/mol. The summed E-state index contributed by atoms with van der Waals surface area (Å²) >= 11 is 1.56. The fraction of sp³-hybridized carbons (Fsp3) is 0.467. The molecule has 2 aromatic rings. The van der Waals surface area contributed by atoms with Crippen molar-refractivity contribution in [1.82, 2.24) is 10.3 Å². The molecule has 0 bridgehead atoms. The van der Waals surface area contributed by atoms with Crippen molar-refractivity contribution in [2.24, 2.45) is 11.7 Å². The molecule has 8 heteroatoms. The minimum absolute atomic E-state index is 0. The molecule has 1 unspecified atom stereocenters. The fourth-order valence-corrected chi connectivity index (χ4v) is 3.12. The van der Waals surface area contributed by atoms with Gasteiger partial charge in [-0.15, -0.1) is 36.2 Å². The first-order valence-corrected chi connectivity index (χ1v) is 7.98. The van der Waals surface area contributed by atoms with Crippen LogP contribution in [0.3, 0.4) is 0 Å². The molecule has 1 aliphatic carbocycles. The maximum absolute atomic E-state index is 12.2. The summed E-state index contributed by atoms with van der Waals surface area (Å²) in [5.74, 6) is 1.02. The summed E-state index contributed by atoms with van der Waals surface area (Å²) in [7, 11) is 0. The fourth-order valence-electron chi connectivity index (χ4n) is 2.47. The van der Waals surface area contributed by atoms with E-state index in [1.165, 1.54) is 0 Å². The molecule has 1 amide bonds. The van der Waals surface area contributed by atoms with Crippen LogP contribution in [-0.4, -0.2) is 23.0 Å². The summed E-state index contributed by atoms with van der Waals surface area (Å²) in [5.41, 5.74) is 6.16. The molecule has 5 nitrogen and oxygen atoms in total. The van der Waals surface area contributed by atoms with Crippen LogP contribution in [0.25, 0.3) is 10.8 Å². The summed E-state index contributed by atoms with van der Waals surface area (Å²) in [6, 6.07) is 3.89. The van der Waals surface area contributed by atoms with Crippen LogP contribution in [0.1, 0.15) is 25.5 Å². The number of rotatable bonds is 6. The second-order valence-electron chi connectivity index (χ2n) is 5.74. The molecular weight excluding hydrogens is 357 g/mol. The lowest BCUT2D eigenvalue weighted by atomic mass is 9.95. The van der Waals surface area contributed by atoms with Gasteiger partial charge in [-0.2, -0.15) is 0 Å². The van der Waals surface area contributed by atoms with Crippen LogP contribution in [0.5, 0.6) is 0 Å². The second-order valence-corrected chi connectivity index (χ2v) is 6.69. The van der Waals surface area contributed by atoms with Gasteiger partial charge in [-0.25, -0.2) is 4.98 Å². The Morgan fingerprint density at radius 3 is 2.83 bits per heavy atom. The highest BCUT2D eigenvalue weighted by Crippen LogP contribution is 2.39. The number of nitrogens with zero attached hydrogens (tertiary/aromatic N) is 1. The van der Waals surface area contributed by atoms with Crippen molar-refractivity contribution >= 4 is 42.1 Å². The zero-order valence-corrected chi connectivity index (χ0v) is 15.2. The summed E-state index contributed by atoms with van der Waals surface area (Å²) < 4.78 is 5.42. The van der Waals surface area contributed by atoms with Gasteiger partial charge in [-0.1, -0.05) is 6.07 Å². The predicted octanol–water partition coefficient (Wildman–Crippen LogP) is 3.03. The van der Waals surface area contributed by atoms with E-state index >= 15 is 0 Å². The highest BCUT2D eigenvalue weighted by atomic mass is 35.5. The van der Waals surface area contributed by atoms with Crippen LogP contribution in [-0.2, 0) is 11.2 Å². The van der Waals surface area contributed by atoms with E-state index in [2.05, 4.69) is 10.3 Å². The maximum Gasteiger partial charge on any atom is 0.236 e. The number of amides is 1. The molecule has 0 aliphatic heterocycles. The number of hydrogen-bond donors (Lipinski definition) is 2. The highest BCUT2D eigenvalue weighted by Gasteiger charge is 2.41. The smallest absolute Gasteiger partial charge is 0.236 e. The monoisotopic (exact) mass is 377 g/mol. The Labute approximate surface area is 151 Å². The Hall–Kier alpha value is -1.08. The quantitative estimate of drug-likeness (QED) is 0.810. The lowest BCUT2D eigenvalue weighted by Gasteiger charge is -2.29. The summed E-state index contributed by atoms with van der Waals surface area (Å²) in [5, 5.41) is 5.02. The van der Waals surface area contributed by atoms with Gasteiger partial charge in [-0.3, -0.25) is 4.79 Å². The Bertz CT molecular complexity index is 628. The van der Waals surface area contributed by atoms with Crippen molar-refractivity contribution in [3.63, 3.8) is 0 Å². The first kappa shape index (κ1) is 20.0. The first-order valence-electron chi connectivity index (χ1n) is 7.10. The molecule has 0 radical (unpaired) electrons. The van der Waals surface area contributed by atoms with Crippen LogP contribution < -0.4 is 11.1 Å². The number of halogens is 2. The number of aromatic nitrogens is 1. The standard InChI is InChI=1S/C15H19N3O2S.2ClH/c1-15(9-16,10-4-5-10)18-13(19)7-11-8-20-14(17-11)12-3-2-6-21-12;;/h2-3,6,8,10H,4-5,7,9,16H2,1H3,(H,18,19);2*1H. The third-order valence-corrected chi connectivity index (χ3v) is 4.81. The molecule has 3 N–H and O–H groups in total. The van der Waals surface area contributed by atoms with Crippen LogP contribution >= 0.6 is 36.2 Å². The van der Waals surface area contributed by atoms with E-state index < -0.39 is 0 Å². The van der Waals surface area contributed by atoms with Crippen molar-refractivity contribution in [1.29, 1.82) is 0 Å². The molecule has 23 heavy (non-hydrogen) atoms. The van der Waals surface area contributed by atoms with Crippen LogP contribution in [0.4, 0.5) is 0 Å². The normalized spacial score (nSPS) is 15.9. The topological polar surface area (TPSA) is 81.1 Å². The van der Waals surface area contributed by atoms with Crippen LogP contribution in [0.15, 0.2) is 28.2 Å². The van der Waals surface area contributed by atoms with Crippen molar-refractivity contribution in [2.75, 3.05) is 6.54 Å². The van der Waals surface area contributed by atoms with Gasteiger partial charge in [-0.05, 0) is 37.1 Å². The third kappa shape index (κ3) is 4.70. The molecule has 1 atom stereocenters. The van der Waals surface area contributed by atoms with Crippen LogP contribution in [0, 0.1) is 5.92 Å². The molecule has 2 heterocycles. The van der Waals surface area contributed by atoms with Gasteiger partial charge in [0.15, 0.2) is 0 Å². The lowest BCUT2D eigenvalue weighted by molar-refractivity contribution is -0.122. The molecule has 0 saturated heterocycles. The number of nitrogens with one attached hydrogen (secondary N) is 1. The molecule has 128 valence electrons. The van der Waals surface area contributed by atoms with Crippen molar-refractivity contribution in [3.05, 3.63) is 29.5 Å². The summed E-state index contributed by atoms with van der Waals surface area (Å²) in [6.07, 6.45) is 4.05. The van der Waals surface area contributed by atoms with Gasteiger partial charge < -0.3 is 15.5 Å². The Kier molecular flexibility index (Phi) is 7.07. The third-order valence-electron chi connectivity index (χ3n) is 3.95. The zero-order chi connectivity index (χ0) is 14.9. The van der Waals surface area contributed by atoms with Gasteiger partial charge in [0, 0.05) is 6.54 Å². The van der Waals surface area contributed by atoms with E-state index in [-0.39, 0.29) is 42.7 Å². The summed E-state index contributed by atoms with van der Waals surface area (Å²) in [4.78, 5) is 17.5. The number of hydrogen-bond acceptors (Lipinski definition) is 5. The van der Waals surface area contributed by atoms with Crippen molar-refractivity contribution in [2.45, 2.75) is 31.7 Å². The Balaban J connectivity index is 0.00000132. The Morgan fingerprint density at radius 2 is 2.26 bits per heavy atom. The average Bonchev–Trinajstić information content (AvgIpc) is 3.00. The van der Waals surface area contributed by atoms with E-state index in [9.17, 15) is 4.79 Å². The Morgan fingerprint density at radius 1 is 1.52 bits per heavy atom. The second kappa shape index (κ2) is 8.15. The highest BCUT2D eigenvalue weighted by molar-refractivity contribution is 7.13. The van der Waals surface area contributed by atoms with Gasteiger partial charge in [0.1, 0.15) is 6.26 Å². The van der Waals surface area contributed by atoms with Crippen LogP contribution in [0.2, 0.25) is 0 Å². The number of carbonyl (C=O) groups excluding carboxylic acids is 1. The molecule has 0 spiro atoms. The van der Waals surface area contributed by atoms with Crippen molar-refractivity contribution < 1.29 is 9.21 Å². The number of oxazole rings is 1. The van der Waals surface area contributed by atoms with E-state index in [0.29, 0.717) is 24.0 Å². The molecule has 2 aromatic heterocycles. The minimum atomic E-state index is -0.294. The van der Waals surface area contributed by atoms with Gasteiger partial charge in [0.2, 0.25) is 11.8 Å². The molecule has 1 saturated carbocycles. The minimum Gasteiger partial charge on any atom is -0.444 e. The van der Waals surface area contributed by atoms with E-state index in [1.807, 2.05) is 24.4 Å².